The molecule has 6 heteroatoms. The number of ether oxygens (including phenoxy) is 1. The van der Waals surface area contributed by atoms with E-state index in [9.17, 15) is 0 Å². The summed E-state index contributed by atoms with van der Waals surface area (Å²) in [5, 5.41) is 11.9. The highest BCUT2D eigenvalue weighted by molar-refractivity contribution is 5.46. The van der Waals surface area contributed by atoms with Gasteiger partial charge in [0.2, 0.25) is 5.82 Å². The molecule has 0 saturated carbocycles. The first-order valence-corrected chi connectivity index (χ1v) is 5.59. The molecule has 3 rings (SSSR count). The lowest BCUT2D eigenvalue weighted by Gasteiger charge is -2.00. The molecule has 2 aromatic heterocycles. The van der Waals surface area contributed by atoms with E-state index < -0.39 is 0 Å². The number of hydrogen-bond donors (Lipinski definition) is 0. The van der Waals surface area contributed by atoms with Crippen LogP contribution in [-0.2, 0) is 4.74 Å². The molecule has 17 heavy (non-hydrogen) atoms. The van der Waals surface area contributed by atoms with E-state index in [2.05, 4.69) is 20.3 Å². The molecule has 0 aromatic carbocycles. The molecule has 0 aliphatic carbocycles. The van der Waals surface area contributed by atoms with Gasteiger partial charge in [-0.25, -0.2) is 0 Å². The van der Waals surface area contributed by atoms with Crippen LogP contribution in [0.3, 0.4) is 0 Å². The quantitative estimate of drug-likeness (QED) is 0.784. The van der Waals surface area contributed by atoms with E-state index in [1.54, 1.807) is 0 Å². The fraction of sp³-hybridized carbons (Fsp3) is 0.455. The molecule has 0 N–H and O–H groups in total. The minimum atomic E-state index is -0.0605. The third kappa shape index (κ3) is 2.03. The van der Waals surface area contributed by atoms with Crippen molar-refractivity contribution in [1.82, 2.24) is 20.3 Å². The average Bonchev–Trinajstić information content (AvgIpc) is 3.00. The smallest absolute Gasteiger partial charge is 0.256 e. The maximum absolute atomic E-state index is 5.48. The zero-order valence-electron chi connectivity index (χ0n) is 9.46. The number of hydrogen-bond acceptors (Lipinski definition) is 6. The predicted molar refractivity (Wildman–Crippen MR) is 58.0 cm³/mol. The Morgan fingerprint density at radius 1 is 1.29 bits per heavy atom. The summed E-state index contributed by atoms with van der Waals surface area (Å²) >= 11 is 0. The largest absolute Gasteiger partial charge is 0.368 e. The lowest BCUT2D eigenvalue weighted by atomic mass is 10.2. The summed E-state index contributed by atoms with van der Waals surface area (Å²) < 4.78 is 10.7. The monoisotopic (exact) mass is 232 g/mol. The van der Waals surface area contributed by atoms with Gasteiger partial charge in [0.25, 0.3) is 5.89 Å². The number of aryl methyl sites for hydroxylation is 1. The van der Waals surface area contributed by atoms with E-state index in [0.717, 1.165) is 25.1 Å². The Morgan fingerprint density at radius 3 is 2.94 bits per heavy atom. The first-order valence-electron chi connectivity index (χ1n) is 5.59. The van der Waals surface area contributed by atoms with Crippen molar-refractivity contribution in [3.05, 3.63) is 23.7 Å². The average molecular weight is 232 g/mol. The molecule has 1 aliphatic rings. The number of rotatable bonds is 2. The molecule has 0 bridgehead atoms. The highest BCUT2D eigenvalue weighted by atomic mass is 16.5. The highest BCUT2D eigenvalue weighted by Gasteiger charge is 2.24. The Kier molecular flexibility index (Phi) is 2.56. The van der Waals surface area contributed by atoms with Gasteiger partial charge in [0.05, 0.1) is 5.69 Å². The van der Waals surface area contributed by atoms with Crippen LogP contribution >= 0.6 is 0 Å². The summed E-state index contributed by atoms with van der Waals surface area (Å²) in [5.41, 5.74) is 1.47. The molecule has 2 aromatic rings. The molecule has 0 spiro atoms. The van der Waals surface area contributed by atoms with Crippen molar-refractivity contribution < 1.29 is 9.26 Å². The number of nitrogens with zero attached hydrogens (tertiary/aromatic N) is 4. The van der Waals surface area contributed by atoms with Gasteiger partial charge in [0.1, 0.15) is 11.8 Å². The van der Waals surface area contributed by atoms with Crippen LogP contribution in [0.5, 0.6) is 0 Å². The van der Waals surface area contributed by atoms with Crippen molar-refractivity contribution in [3.63, 3.8) is 0 Å². The van der Waals surface area contributed by atoms with Gasteiger partial charge >= 0.3 is 0 Å². The molecule has 6 nitrogen and oxygen atoms in total. The third-order valence-corrected chi connectivity index (χ3v) is 2.67. The maximum Gasteiger partial charge on any atom is 0.256 e. The Balaban J connectivity index is 1.86. The molecular formula is C11H12N4O2. The Labute approximate surface area is 98.0 Å². The summed E-state index contributed by atoms with van der Waals surface area (Å²) in [7, 11) is 0. The summed E-state index contributed by atoms with van der Waals surface area (Å²) in [4.78, 5) is 4.29. The standard InChI is InChI=1S/C11H12N4O2/c1-7-4-5-8(14-13-7)10-12-11(17-15-10)9-3-2-6-16-9/h4-5,9H,2-3,6H2,1H3/t9-/m1/s1. The van der Waals surface area contributed by atoms with Crippen molar-refractivity contribution in [2.24, 2.45) is 0 Å². The van der Waals surface area contributed by atoms with Crippen LogP contribution in [0.4, 0.5) is 0 Å². The Bertz CT molecular complexity index is 502. The van der Waals surface area contributed by atoms with E-state index in [-0.39, 0.29) is 6.10 Å². The lowest BCUT2D eigenvalue weighted by molar-refractivity contribution is 0.0835. The van der Waals surface area contributed by atoms with E-state index in [4.69, 9.17) is 9.26 Å². The second-order valence-corrected chi connectivity index (χ2v) is 4.02. The summed E-state index contributed by atoms with van der Waals surface area (Å²) in [6.45, 7) is 2.64. The van der Waals surface area contributed by atoms with Crippen LogP contribution in [-0.4, -0.2) is 26.9 Å². The van der Waals surface area contributed by atoms with Crippen LogP contribution in [0.1, 0.15) is 30.5 Å². The predicted octanol–water partition coefficient (Wildman–Crippen LogP) is 1.69. The van der Waals surface area contributed by atoms with Crippen LogP contribution in [0.15, 0.2) is 16.7 Å². The van der Waals surface area contributed by atoms with Crippen molar-refractivity contribution >= 4 is 0 Å². The first-order chi connectivity index (χ1) is 8.33. The third-order valence-electron chi connectivity index (χ3n) is 2.67. The Hall–Kier alpha value is -1.82. The zero-order valence-corrected chi connectivity index (χ0v) is 9.46. The van der Waals surface area contributed by atoms with Crippen molar-refractivity contribution in [2.75, 3.05) is 6.61 Å². The normalized spacial score (nSPS) is 19.7. The van der Waals surface area contributed by atoms with Crippen molar-refractivity contribution in [3.8, 4) is 11.5 Å². The van der Waals surface area contributed by atoms with Gasteiger partial charge in [-0.3, -0.25) is 0 Å². The second kappa shape index (κ2) is 4.21. The minimum Gasteiger partial charge on any atom is -0.368 e. The molecule has 0 radical (unpaired) electrons. The molecule has 1 atom stereocenters. The molecule has 1 aliphatic heterocycles. The van der Waals surface area contributed by atoms with Crippen LogP contribution in [0.25, 0.3) is 11.5 Å². The van der Waals surface area contributed by atoms with E-state index >= 15 is 0 Å². The molecule has 0 unspecified atom stereocenters. The molecule has 1 saturated heterocycles. The molecule has 88 valence electrons. The van der Waals surface area contributed by atoms with Crippen molar-refractivity contribution in [2.45, 2.75) is 25.9 Å². The SMILES string of the molecule is Cc1ccc(-c2noc([C@H]3CCCO3)n2)nn1. The first kappa shape index (κ1) is 10.3. The van der Waals surface area contributed by atoms with Crippen LogP contribution < -0.4 is 0 Å². The van der Waals surface area contributed by atoms with Crippen LogP contribution in [0.2, 0.25) is 0 Å². The maximum atomic E-state index is 5.48. The van der Waals surface area contributed by atoms with Gasteiger partial charge in [-0.15, -0.1) is 5.10 Å². The van der Waals surface area contributed by atoms with Gasteiger partial charge in [0, 0.05) is 6.61 Å². The molecular weight excluding hydrogens is 220 g/mol. The van der Waals surface area contributed by atoms with Gasteiger partial charge in [-0.1, -0.05) is 5.16 Å². The van der Waals surface area contributed by atoms with E-state index in [1.165, 1.54) is 0 Å². The fourth-order valence-electron chi connectivity index (χ4n) is 1.76. The Morgan fingerprint density at radius 2 is 2.24 bits per heavy atom. The van der Waals surface area contributed by atoms with E-state index in [0.29, 0.717) is 17.4 Å². The van der Waals surface area contributed by atoms with Gasteiger partial charge < -0.3 is 9.26 Å². The molecule has 1 fully saturated rings. The summed E-state index contributed by atoms with van der Waals surface area (Å²) in [6, 6.07) is 3.69. The van der Waals surface area contributed by atoms with Gasteiger partial charge in [0.15, 0.2) is 0 Å². The topological polar surface area (TPSA) is 73.9 Å². The molecule has 3 heterocycles. The van der Waals surface area contributed by atoms with Crippen molar-refractivity contribution in [1.29, 1.82) is 0 Å². The second-order valence-electron chi connectivity index (χ2n) is 4.02. The van der Waals surface area contributed by atoms with Crippen LogP contribution in [0, 0.1) is 6.92 Å². The molecule has 0 amide bonds. The number of aromatic nitrogens is 4. The fourth-order valence-corrected chi connectivity index (χ4v) is 1.76. The summed E-state index contributed by atoms with van der Waals surface area (Å²) in [5.74, 6) is 0.989. The lowest BCUT2D eigenvalue weighted by Crippen LogP contribution is -1.96. The van der Waals surface area contributed by atoms with Gasteiger partial charge in [-0.05, 0) is 31.9 Å². The highest BCUT2D eigenvalue weighted by Crippen LogP contribution is 2.28. The van der Waals surface area contributed by atoms with Gasteiger partial charge in [-0.2, -0.15) is 10.1 Å². The summed E-state index contributed by atoms with van der Waals surface area (Å²) in [6.07, 6.45) is 1.91. The van der Waals surface area contributed by atoms with E-state index in [1.807, 2.05) is 19.1 Å². The zero-order chi connectivity index (χ0) is 11.7. The minimum absolute atomic E-state index is 0.0605.